The average Bonchev–Trinajstić information content (AvgIpc) is 2.69. The monoisotopic (exact) mass is 394 g/mol. The minimum atomic E-state index is -3.72. The van der Waals surface area contributed by atoms with Gasteiger partial charge in [0.25, 0.3) is 0 Å². The summed E-state index contributed by atoms with van der Waals surface area (Å²) in [4.78, 5) is 0.185. The maximum atomic E-state index is 13.6. The maximum Gasteiger partial charge on any atom is 0.243 e. The highest BCUT2D eigenvalue weighted by Crippen LogP contribution is 2.30. The van der Waals surface area contributed by atoms with E-state index in [0.717, 1.165) is 0 Å². The van der Waals surface area contributed by atoms with E-state index in [-0.39, 0.29) is 10.7 Å². The number of nitrogens with one attached hydrogen (secondary N) is 1. The Hall–Kier alpha value is -2.00. The molecule has 0 aliphatic carbocycles. The maximum absolute atomic E-state index is 13.6. The van der Waals surface area contributed by atoms with Crippen LogP contribution < -0.4 is 10.1 Å². The third-order valence-electron chi connectivity index (χ3n) is 4.41. The van der Waals surface area contributed by atoms with Crippen LogP contribution in [0.25, 0.3) is 0 Å². The summed E-state index contributed by atoms with van der Waals surface area (Å²) in [5.74, 6) is 0.195. The Balaban J connectivity index is 1.83. The third kappa shape index (κ3) is 4.65. The molecule has 146 valence electrons. The second kappa shape index (κ2) is 8.79. The average molecular weight is 394 g/mol. The lowest BCUT2D eigenvalue weighted by atomic mass is 10.1. The molecule has 0 amide bonds. The van der Waals surface area contributed by atoms with E-state index in [1.165, 1.54) is 28.6 Å². The second-order valence-electron chi connectivity index (χ2n) is 6.20. The van der Waals surface area contributed by atoms with E-state index in [9.17, 15) is 12.8 Å². The number of sulfonamides is 1. The Labute approximate surface area is 159 Å². The Kier molecular flexibility index (Phi) is 6.43. The smallest absolute Gasteiger partial charge is 0.243 e. The highest BCUT2D eigenvalue weighted by atomic mass is 32.2. The van der Waals surface area contributed by atoms with Crippen LogP contribution in [0.5, 0.6) is 5.75 Å². The highest BCUT2D eigenvalue weighted by molar-refractivity contribution is 7.89. The van der Waals surface area contributed by atoms with Crippen LogP contribution in [0.3, 0.4) is 0 Å². The van der Waals surface area contributed by atoms with Gasteiger partial charge in [-0.25, -0.2) is 12.8 Å². The van der Waals surface area contributed by atoms with Crippen LogP contribution in [0, 0.1) is 5.82 Å². The molecule has 1 N–H and O–H groups in total. The number of nitrogens with zero attached hydrogens (tertiary/aromatic N) is 1. The van der Waals surface area contributed by atoms with Gasteiger partial charge >= 0.3 is 0 Å². The zero-order valence-electron chi connectivity index (χ0n) is 15.1. The van der Waals surface area contributed by atoms with Gasteiger partial charge in [-0.3, -0.25) is 0 Å². The van der Waals surface area contributed by atoms with Crippen molar-refractivity contribution in [3.8, 4) is 5.75 Å². The Morgan fingerprint density at radius 3 is 2.67 bits per heavy atom. The van der Waals surface area contributed by atoms with E-state index >= 15 is 0 Å². The molecule has 0 bridgehead atoms. The molecule has 1 aliphatic heterocycles. The molecule has 0 aromatic heterocycles. The van der Waals surface area contributed by atoms with E-state index in [2.05, 4.69) is 5.32 Å². The molecule has 6 nitrogen and oxygen atoms in total. The number of rotatable bonds is 7. The Bertz CT molecular complexity index is 858. The van der Waals surface area contributed by atoms with Crippen LogP contribution in [0.2, 0.25) is 0 Å². The first kappa shape index (κ1) is 19.8. The largest absolute Gasteiger partial charge is 0.491 e. The summed E-state index contributed by atoms with van der Waals surface area (Å²) in [5.41, 5.74) is 0.630. The van der Waals surface area contributed by atoms with Crippen molar-refractivity contribution in [3.05, 3.63) is 59.9 Å². The van der Waals surface area contributed by atoms with Crippen molar-refractivity contribution in [2.45, 2.75) is 10.9 Å². The zero-order valence-corrected chi connectivity index (χ0v) is 15.9. The number of piperazine rings is 1. The van der Waals surface area contributed by atoms with Crippen molar-refractivity contribution in [1.29, 1.82) is 0 Å². The fraction of sp³-hybridized carbons (Fsp3) is 0.368. The van der Waals surface area contributed by atoms with Gasteiger partial charge < -0.3 is 14.8 Å². The van der Waals surface area contributed by atoms with Crippen LogP contribution in [0.1, 0.15) is 11.6 Å². The molecule has 8 heteroatoms. The number of hydrogen-bond donors (Lipinski definition) is 1. The van der Waals surface area contributed by atoms with Crippen molar-refractivity contribution in [1.82, 2.24) is 9.62 Å². The summed E-state index contributed by atoms with van der Waals surface area (Å²) >= 11 is 0. The first-order valence-electron chi connectivity index (χ1n) is 8.72. The Morgan fingerprint density at radius 2 is 1.96 bits per heavy atom. The normalized spacial score (nSPS) is 18.4. The molecular weight excluding hydrogens is 371 g/mol. The summed E-state index contributed by atoms with van der Waals surface area (Å²) in [7, 11) is -2.14. The van der Waals surface area contributed by atoms with Crippen molar-refractivity contribution >= 4 is 10.0 Å². The van der Waals surface area contributed by atoms with Gasteiger partial charge in [0.15, 0.2) is 0 Å². The molecule has 1 heterocycles. The molecule has 1 unspecified atom stereocenters. The molecule has 1 fully saturated rings. The van der Waals surface area contributed by atoms with E-state index < -0.39 is 16.1 Å². The fourth-order valence-corrected chi connectivity index (χ4v) is 4.67. The van der Waals surface area contributed by atoms with Gasteiger partial charge in [-0.2, -0.15) is 4.31 Å². The van der Waals surface area contributed by atoms with Crippen molar-refractivity contribution in [2.24, 2.45) is 0 Å². The first-order chi connectivity index (χ1) is 13.0. The van der Waals surface area contributed by atoms with Crippen molar-refractivity contribution in [3.63, 3.8) is 0 Å². The van der Waals surface area contributed by atoms with Gasteiger partial charge in [0.2, 0.25) is 10.0 Å². The topological polar surface area (TPSA) is 67.9 Å². The standard InChI is InChI=1S/C19H23FN2O4S/c1-25-11-12-26-17-5-7-18(8-6-17)27(23,24)22-10-9-21-14-19(22)15-3-2-4-16(20)13-15/h2-8,13,19,21H,9-12,14H2,1H3. The molecule has 2 aromatic carbocycles. The fourth-order valence-electron chi connectivity index (χ4n) is 3.06. The van der Waals surface area contributed by atoms with Gasteiger partial charge in [-0.05, 0) is 42.0 Å². The predicted molar refractivity (Wildman–Crippen MR) is 99.7 cm³/mol. The summed E-state index contributed by atoms with van der Waals surface area (Å²) in [5, 5.41) is 3.18. The van der Waals surface area contributed by atoms with Crippen LogP contribution in [-0.2, 0) is 14.8 Å². The first-order valence-corrected chi connectivity index (χ1v) is 10.2. The molecule has 3 rings (SSSR count). The number of methoxy groups -OCH3 is 1. The molecule has 1 saturated heterocycles. The van der Waals surface area contributed by atoms with Crippen LogP contribution in [0.4, 0.5) is 4.39 Å². The third-order valence-corrected chi connectivity index (χ3v) is 6.34. The minimum Gasteiger partial charge on any atom is -0.491 e. The molecule has 2 aromatic rings. The highest BCUT2D eigenvalue weighted by Gasteiger charge is 2.34. The van der Waals surface area contributed by atoms with E-state index in [0.29, 0.717) is 44.2 Å². The van der Waals surface area contributed by atoms with Gasteiger partial charge in [0.05, 0.1) is 17.5 Å². The summed E-state index contributed by atoms with van der Waals surface area (Å²) in [6.07, 6.45) is 0. The number of benzene rings is 2. The number of hydrogen-bond acceptors (Lipinski definition) is 5. The summed E-state index contributed by atoms with van der Waals surface area (Å²) in [6.45, 7) is 2.14. The van der Waals surface area contributed by atoms with Crippen molar-refractivity contribution in [2.75, 3.05) is 40.0 Å². The lowest BCUT2D eigenvalue weighted by Gasteiger charge is -2.35. The zero-order chi connectivity index (χ0) is 19.3. The molecular formula is C19H23FN2O4S. The van der Waals surface area contributed by atoms with E-state index in [4.69, 9.17) is 9.47 Å². The van der Waals surface area contributed by atoms with E-state index in [1.807, 2.05) is 0 Å². The lowest BCUT2D eigenvalue weighted by molar-refractivity contribution is 0.146. The molecule has 0 spiro atoms. The summed E-state index contributed by atoms with van der Waals surface area (Å²) < 4.78 is 51.8. The SMILES string of the molecule is COCCOc1ccc(S(=O)(=O)N2CCNCC2c2cccc(F)c2)cc1. The molecule has 27 heavy (non-hydrogen) atoms. The number of halogens is 1. The lowest BCUT2D eigenvalue weighted by Crippen LogP contribution is -2.48. The number of ether oxygens (including phenoxy) is 2. The van der Waals surface area contributed by atoms with Crippen LogP contribution in [-0.4, -0.2) is 52.7 Å². The van der Waals surface area contributed by atoms with Gasteiger partial charge in [-0.1, -0.05) is 12.1 Å². The van der Waals surface area contributed by atoms with Crippen molar-refractivity contribution < 1.29 is 22.3 Å². The van der Waals surface area contributed by atoms with Crippen LogP contribution in [0.15, 0.2) is 53.4 Å². The predicted octanol–water partition coefficient (Wildman–Crippen LogP) is 2.19. The van der Waals surface area contributed by atoms with Gasteiger partial charge in [0, 0.05) is 26.7 Å². The molecule has 0 saturated carbocycles. The van der Waals surface area contributed by atoms with Gasteiger partial charge in [0.1, 0.15) is 18.2 Å². The second-order valence-corrected chi connectivity index (χ2v) is 8.09. The van der Waals surface area contributed by atoms with E-state index in [1.54, 1.807) is 31.4 Å². The molecule has 0 radical (unpaired) electrons. The molecule has 1 atom stereocenters. The summed E-state index contributed by atoms with van der Waals surface area (Å²) in [6, 6.07) is 11.9. The Morgan fingerprint density at radius 1 is 1.19 bits per heavy atom. The van der Waals surface area contributed by atoms with Gasteiger partial charge in [-0.15, -0.1) is 0 Å². The molecule has 1 aliphatic rings. The van der Waals surface area contributed by atoms with Crippen LogP contribution >= 0.6 is 0 Å². The quantitative estimate of drug-likeness (QED) is 0.729. The minimum absolute atomic E-state index is 0.185.